The van der Waals surface area contributed by atoms with Crippen LogP contribution in [0.3, 0.4) is 0 Å². The number of hydrogen-bond acceptors (Lipinski definition) is 3. The summed E-state index contributed by atoms with van der Waals surface area (Å²) in [7, 11) is 0. The summed E-state index contributed by atoms with van der Waals surface area (Å²) in [6.45, 7) is 17.3. The maximum atomic E-state index is 14.3. The second-order valence-corrected chi connectivity index (χ2v) is 8.88. The molecule has 0 amide bonds. The fourth-order valence-electron chi connectivity index (χ4n) is 5.32. The third kappa shape index (κ3) is 4.46. The first-order valence-corrected chi connectivity index (χ1v) is 11.7. The molecule has 4 rings (SSSR count). The van der Waals surface area contributed by atoms with E-state index in [0.717, 1.165) is 66.4 Å². The number of hydrogen-bond donors (Lipinski definition) is 2. The number of nitrogens with one attached hydrogen (secondary N) is 2. The Balaban J connectivity index is 1.82. The molecule has 176 valence electrons. The molecule has 0 radical (unpaired) electrons. The van der Waals surface area contributed by atoms with Gasteiger partial charge >= 0.3 is 0 Å². The van der Waals surface area contributed by atoms with Crippen molar-refractivity contribution in [3.8, 4) is 0 Å². The van der Waals surface area contributed by atoms with E-state index in [1.165, 1.54) is 18.6 Å². The van der Waals surface area contributed by atoms with Gasteiger partial charge < -0.3 is 15.5 Å². The normalized spacial score (nSPS) is 25.1. The molecule has 5 heteroatoms. The Morgan fingerprint density at radius 1 is 1.24 bits per heavy atom. The Hall–Kier alpha value is -3.52. The summed E-state index contributed by atoms with van der Waals surface area (Å²) in [6, 6.07) is 4.30. The number of allylic oxidation sites excluding steroid dienone is 6. The molecule has 0 aliphatic carbocycles. The summed E-state index contributed by atoms with van der Waals surface area (Å²) in [5.74, 6) is -1.19. The summed E-state index contributed by atoms with van der Waals surface area (Å²) in [5.41, 5.74) is 11.8. The minimum absolute atomic E-state index is 0.179. The van der Waals surface area contributed by atoms with Crippen molar-refractivity contribution in [2.45, 2.75) is 50.7 Å². The maximum Gasteiger partial charge on any atom is 0.131 e. The Morgan fingerprint density at radius 3 is 2.76 bits per heavy atom. The van der Waals surface area contributed by atoms with Crippen molar-refractivity contribution in [2.24, 2.45) is 0 Å². The zero-order valence-electron chi connectivity index (χ0n) is 19.5. The van der Waals surface area contributed by atoms with Crippen LogP contribution in [0.15, 0.2) is 102 Å². The van der Waals surface area contributed by atoms with E-state index in [0.29, 0.717) is 23.3 Å². The van der Waals surface area contributed by atoms with Crippen LogP contribution in [0.2, 0.25) is 0 Å². The molecular formula is C29H31F2N3. The highest BCUT2D eigenvalue weighted by atomic mass is 19.1. The molecule has 2 atom stereocenters. The van der Waals surface area contributed by atoms with Crippen LogP contribution in [0.25, 0.3) is 0 Å². The van der Waals surface area contributed by atoms with E-state index in [-0.39, 0.29) is 6.54 Å². The lowest BCUT2D eigenvalue weighted by molar-refractivity contribution is 0.163. The molecule has 2 saturated heterocycles. The van der Waals surface area contributed by atoms with E-state index in [2.05, 4.69) is 53.3 Å². The van der Waals surface area contributed by atoms with Crippen LogP contribution in [0.5, 0.6) is 0 Å². The minimum atomic E-state index is -0.597. The number of piperidine rings is 1. The number of benzene rings is 1. The Labute approximate surface area is 200 Å². The summed E-state index contributed by atoms with van der Waals surface area (Å²) in [6.07, 6.45) is 8.92. The van der Waals surface area contributed by atoms with Gasteiger partial charge in [0, 0.05) is 59.3 Å². The molecule has 3 heterocycles. The van der Waals surface area contributed by atoms with Crippen LogP contribution >= 0.6 is 0 Å². The molecule has 3 aliphatic heterocycles. The average Bonchev–Trinajstić information content (AvgIpc) is 3.32. The SMILES string of the molecule is C=C=C/C(C=C)=C1C(=C=C)N2CCCCC2C2CC/C(=C/1C(=C)NCc1ccc(F)cc1F)N2. The molecule has 2 N–H and O–H groups in total. The van der Waals surface area contributed by atoms with Gasteiger partial charge in [-0.1, -0.05) is 38.5 Å². The van der Waals surface area contributed by atoms with Crippen molar-refractivity contribution in [3.05, 3.63) is 119 Å². The summed E-state index contributed by atoms with van der Waals surface area (Å²) >= 11 is 0. The highest BCUT2D eigenvalue weighted by molar-refractivity contribution is 5.63. The summed E-state index contributed by atoms with van der Waals surface area (Å²) < 4.78 is 27.6. The monoisotopic (exact) mass is 459 g/mol. The third-order valence-corrected chi connectivity index (χ3v) is 6.90. The van der Waals surface area contributed by atoms with Gasteiger partial charge in [-0.2, -0.15) is 0 Å². The first kappa shape index (κ1) is 23.6. The zero-order chi connectivity index (χ0) is 24.2. The van der Waals surface area contributed by atoms with Gasteiger partial charge in [0.25, 0.3) is 0 Å². The van der Waals surface area contributed by atoms with Crippen molar-refractivity contribution in [1.82, 2.24) is 15.5 Å². The second-order valence-electron chi connectivity index (χ2n) is 8.88. The Bertz CT molecular complexity index is 1180. The van der Waals surface area contributed by atoms with E-state index in [1.54, 1.807) is 12.2 Å². The predicted molar refractivity (Wildman–Crippen MR) is 133 cm³/mol. The Kier molecular flexibility index (Phi) is 7.07. The van der Waals surface area contributed by atoms with E-state index in [4.69, 9.17) is 0 Å². The molecule has 2 fully saturated rings. The molecule has 0 spiro atoms. The van der Waals surface area contributed by atoms with Crippen LogP contribution in [0, 0.1) is 11.6 Å². The average molecular weight is 460 g/mol. The standard InChI is InChI=1S/C29H31F2N3/c1-5-10-20(6-2)29-26(7-3)34-16-9-8-11-27(34)24-14-15-25(33-24)28(29)19(4)32-18-21-12-13-22(30)17-23(21)31/h6,10,12-13,17,24,27,32-33H,1-4,8-9,11,14-16,18H2/b28-25-,29-20-. The first-order chi connectivity index (χ1) is 16.5. The highest BCUT2D eigenvalue weighted by Gasteiger charge is 2.40. The smallest absolute Gasteiger partial charge is 0.131 e. The number of nitrogens with zero attached hydrogens (tertiary/aromatic N) is 1. The van der Waals surface area contributed by atoms with Gasteiger partial charge in [0.05, 0.1) is 5.70 Å². The van der Waals surface area contributed by atoms with Gasteiger partial charge in [0.15, 0.2) is 0 Å². The summed E-state index contributed by atoms with van der Waals surface area (Å²) in [4.78, 5) is 2.42. The quantitative estimate of drug-likeness (QED) is 0.516. The fourth-order valence-corrected chi connectivity index (χ4v) is 5.32. The lowest BCUT2D eigenvalue weighted by Crippen LogP contribution is -2.50. The van der Waals surface area contributed by atoms with Crippen LogP contribution in [0.4, 0.5) is 8.78 Å². The molecule has 3 nitrogen and oxygen atoms in total. The second kappa shape index (κ2) is 10.2. The molecule has 34 heavy (non-hydrogen) atoms. The van der Waals surface area contributed by atoms with E-state index in [9.17, 15) is 8.78 Å². The summed E-state index contributed by atoms with van der Waals surface area (Å²) in [5, 5.41) is 7.04. The highest BCUT2D eigenvalue weighted by Crippen LogP contribution is 2.41. The van der Waals surface area contributed by atoms with Gasteiger partial charge in [0.1, 0.15) is 11.6 Å². The van der Waals surface area contributed by atoms with Gasteiger partial charge in [-0.25, -0.2) is 8.78 Å². The molecular weight excluding hydrogens is 428 g/mol. The van der Waals surface area contributed by atoms with Crippen molar-refractivity contribution in [2.75, 3.05) is 6.54 Å². The molecule has 2 unspecified atom stereocenters. The number of halogens is 2. The molecule has 1 aromatic rings. The first-order valence-electron chi connectivity index (χ1n) is 11.7. The fraction of sp³-hybridized carbons (Fsp3) is 0.310. The van der Waals surface area contributed by atoms with Crippen molar-refractivity contribution >= 4 is 0 Å². The minimum Gasteiger partial charge on any atom is -0.383 e. The largest absolute Gasteiger partial charge is 0.383 e. The van der Waals surface area contributed by atoms with Crippen molar-refractivity contribution in [1.29, 1.82) is 0 Å². The van der Waals surface area contributed by atoms with Gasteiger partial charge in [-0.3, -0.25) is 0 Å². The number of rotatable bonds is 6. The molecule has 0 saturated carbocycles. The van der Waals surface area contributed by atoms with Crippen LogP contribution in [0.1, 0.15) is 37.7 Å². The number of fused-ring (bicyclic) bond motifs is 4. The molecule has 2 bridgehead atoms. The van der Waals surface area contributed by atoms with E-state index < -0.39 is 11.6 Å². The lowest BCUT2D eigenvalue weighted by Gasteiger charge is -2.44. The predicted octanol–water partition coefficient (Wildman–Crippen LogP) is 5.93. The van der Waals surface area contributed by atoms with Gasteiger partial charge in [0.2, 0.25) is 0 Å². The van der Waals surface area contributed by atoms with Crippen molar-refractivity contribution < 1.29 is 8.78 Å². The molecule has 0 aromatic heterocycles. The lowest BCUT2D eigenvalue weighted by atomic mass is 9.88. The molecule has 3 aliphatic rings. The third-order valence-electron chi connectivity index (χ3n) is 6.90. The Morgan fingerprint density at radius 2 is 2.06 bits per heavy atom. The van der Waals surface area contributed by atoms with Crippen molar-refractivity contribution in [3.63, 3.8) is 0 Å². The maximum absolute atomic E-state index is 14.3. The van der Waals surface area contributed by atoms with Crippen LogP contribution in [-0.2, 0) is 6.54 Å². The van der Waals surface area contributed by atoms with E-state index >= 15 is 0 Å². The van der Waals surface area contributed by atoms with E-state index in [1.807, 2.05) is 0 Å². The molecule has 1 aromatic carbocycles. The topological polar surface area (TPSA) is 27.3 Å². The van der Waals surface area contributed by atoms with Gasteiger partial charge in [-0.15, -0.1) is 11.5 Å². The van der Waals surface area contributed by atoms with Gasteiger partial charge in [-0.05, 0) is 49.8 Å². The van der Waals surface area contributed by atoms with Crippen LogP contribution < -0.4 is 10.6 Å². The zero-order valence-corrected chi connectivity index (χ0v) is 19.5. The van der Waals surface area contributed by atoms with Crippen LogP contribution in [-0.4, -0.2) is 23.5 Å².